The Morgan fingerprint density at radius 2 is 1.83 bits per heavy atom. The fourth-order valence-electron chi connectivity index (χ4n) is 3.02. The molecule has 118 valence electrons. The Kier molecular flexibility index (Phi) is 4.17. The SMILES string of the molecule is CC(=O)Oc1cccc2[nH]cc(C(c3ccccc3)N(C)C)c12. The molecule has 23 heavy (non-hydrogen) atoms. The molecule has 0 spiro atoms. The van der Waals surface area contributed by atoms with Gasteiger partial charge in [0, 0.05) is 29.6 Å². The minimum Gasteiger partial charge on any atom is -0.426 e. The van der Waals surface area contributed by atoms with Gasteiger partial charge in [-0.25, -0.2) is 0 Å². The van der Waals surface area contributed by atoms with Crippen molar-refractivity contribution in [3.63, 3.8) is 0 Å². The molecule has 0 aliphatic heterocycles. The number of H-pyrrole nitrogens is 1. The lowest BCUT2D eigenvalue weighted by Gasteiger charge is -2.25. The Bertz CT molecular complexity index is 822. The maximum atomic E-state index is 11.4. The summed E-state index contributed by atoms with van der Waals surface area (Å²) in [5.74, 6) is 0.278. The molecule has 1 heterocycles. The summed E-state index contributed by atoms with van der Waals surface area (Å²) in [5.41, 5.74) is 3.24. The number of benzene rings is 2. The highest BCUT2D eigenvalue weighted by Gasteiger charge is 2.22. The van der Waals surface area contributed by atoms with Gasteiger partial charge in [0.1, 0.15) is 5.75 Å². The van der Waals surface area contributed by atoms with Gasteiger partial charge in [-0.3, -0.25) is 9.69 Å². The van der Waals surface area contributed by atoms with Gasteiger partial charge in [-0.2, -0.15) is 0 Å². The van der Waals surface area contributed by atoms with E-state index in [1.54, 1.807) is 0 Å². The van der Waals surface area contributed by atoms with E-state index in [0.717, 1.165) is 16.5 Å². The van der Waals surface area contributed by atoms with Crippen LogP contribution in [0.25, 0.3) is 10.9 Å². The lowest BCUT2D eigenvalue weighted by molar-refractivity contribution is -0.131. The molecule has 0 radical (unpaired) electrons. The van der Waals surface area contributed by atoms with Crippen molar-refractivity contribution >= 4 is 16.9 Å². The van der Waals surface area contributed by atoms with E-state index in [2.05, 4.69) is 22.0 Å². The first-order chi connectivity index (χ1) is 11.1. The molecule has 1 aromatic heterocycles. The van der Waals surface area contributed by atoms with Crippen LogP contribution < -0.4 is 4.74 Å². The zero-order valence-corrected chi connectivity index (χ0v) is 13.5. The summed E-state index contributed by atoms with van der Waals surface area (Å²) < 4.78 is 5.41. The van der Waals surface area contributed by atoms with Crippen molar-refractivity contribution < 1.29 is 9.53 Å². The number of nitrogens with zero attached hydrogens (tertiary/aromatic N) is 1. The molecule has 4 heteroatoms. The van der Waals surface area contributed by atoms with Gasteiger partial charge in [0.2, 0.25) is 0 Å². The molecule has 3 rings (SSSR count). The number of fused-ring (bicyclic) bond motifs is 1. The number of hydrogen-bond acceptors (Lipinski definition) is 3. The average molecular weight is 308 g/mol. The number of carbonyl (C=O) groups is 1. The van der Waals surface area contributed by atoms with Crippen LogP contribution in [0.1, 0.15) is 24.1 Å². The highest BCUT2D eigenvalue weighted by Crippen LogP contribution is 2.37. The van der Waals surface area contributed by atoms with E-state index in [9.17, 15) is 4.79 Å². The second kappa shape index (κ2) is 6.26. The first-order valence-corrected chi connectivity index (χ1v) is 7.57. The molecule has 1 unspecified atom stereocenters. The number of nitrogens with one attached hydrogen (secondary N) is 1. The van der Waals surface area contributed by atoms with Crippen molar-refractivity contribution in [3.8, 4) is 5.75 Å². The van der Waals surface area contributed by atoms with Crippen LogP contribution in [0.5, 0.6) is 5.75 Å². The molecule has 0 fully saturated rings. The van der Waals surface area contributed by atoms with Gasteiger partial charge in [-0.1, -0.05) is 36.4 Å². The molecular weight excluding hydrogens is 288 g/mol. The van der Waals surface area contributed by atoms with Gasteiger partial charge >= 0.3 is 5.97 Å². The Morgan fingerprint density at radius 1 is 1.09 bits per heavy atom. The number of hydrogen-bond donors (Lipinski definition) is 1. The molecule has 0 aliphatic carbocycles. The van der Waals surface area contributed by atoms with Gasteiger partial charge in [0.15, 0.2) is 0 Å². The van der Waals surface area contributed by atoms with E-state index in [4.69, 9.17) is 4.74 Å². The van der Waals surface area contributed by atoms with Crippen LogP contribution in [-0.4, -0.2) is 29.9 Å². The molecule has 3 aromatic rings. The van der Waals surface area contributed by atoms with Crippen molar-refractivity contribution in [1.29, 1.82) is 0 Å². The average Bonchev–Trinajstić information content (AvgIpc) is 2.93. The summed E-state index contributed by atoms with van der Waals surface area (Å²) in [5, 5.41) is 0.949. The van der Waals surface area contributed by atoms with Gasteiger partial charge in [0.25, 0.3) is 0 Å². The van der Waals surface area contributed by atoms with Crippen LogP contribution in [-0.2, 0) is 4.79 Å². The zero-order valence-electron chi connectivity index (χ0n) is 13.5. The smallest absolute Gasteiger partial charge is 0.308 e. The second-order valence-electron chi connectivity index (χ2n) is 5.79. The third-order valence-electron chi connectivity index (χ3n) is 3.88. The number of aromatic amines is 1. The highest BCUT2D eigenvalue weighted by atomic mass is 16.5. The van der Waals surface area contributed by atoms with E-state index in [0.29, 0.717) is 5.75 Å². The molecule has 2 aromatic carbocycles. The minimum absolute atomic E-state index is 0.0710. The van der Waals surface area contributed by atoms with Gasteiger partial charge < -0.3 is 9.72 Å². The van der Waals surface area contributed by atoms with E-state index < -0.39 is 0 Å². The van der Waals surface area contributed by atoms with Crippen LogP contribution in [0.3, 0.4) is 0 Å². The van der Waals surface area contributed by atoms with Crippen molar-refractivity contribution in [2.24, 2.45) is 0 Å². The van der Waals surface area contributed by atoms with E-state index in [-0.39, 0.29) is 12.0 Å². The Labute approximate surface area is 135 Å². The number of aromatic nitrogens is 1. The molecule has 0 saturated heterocycles. The summed E-state index contributed by atoms with van der Waals surface area (Å²) in [6.07, 6.45) is 2.00. The topological polar surface area (TPSA) is 45.3 Å². The molecule has 0 amide bonds. The first kappa shape index (κ1) is 15.3. The third kappa shape index (κ3) is 2.98. The van der Waals surface area contributed by atoms with Gasteiger partial charge in [-0.15, -0.1) is 0 Å². The minimum atomic E-state index is -0.314. The van der Waals surface area contributed by atoms with Crippen molar-refractivity contribution in [2.45, 2.75) is 13.0 Å². The van der Waals surface area contributed by atoms with E-state index >= 15 is 0 Å². The summed E-state index contributed by atoms with van der Waals surface area (Å²) in [6, 6.07) is 16.1. The Balaban J connectivity index is 2.19. The zero-order chi connectivity index (χ0) is 16.4. The summed E-state index contributed by atoms with van der Waals surface area (Å²) in [4.78, 5) is 16.9. The number of esters is 1. The quantitative estimate of drug-likeness (QED) is 0.590. The largest absolute Gasteiger partial charge is 0.426 e. The Hall–Kier alpha value is -2.59. The fraction of sp³-hybridized carbons (Fsp3) is 0.211. The predicted molar refractivity (Wildman–Crippen MR) is 91.6 cm³/mol. The van der Waals surface area contributed by atoms with Gasteiger partial charge in [-0.05, 0) is 31.8 Å². The van der Waals surface area contributed by atoms with Crippen LogP contribution >= 0.6 is 0 Å². The van der Waals surface area contributed by atoms with Crippen LogP contribution in [0.4, 0.5) is 0 Å². The van der Waals surface area contributed by atoms with Crippen LogP contribution in [0.2, 0.25) is 0 Å². The van der Waals surface area contributed by atoms with E-state index in [1.165, 1.54) is 12.5 Å². The first-order valence-electron chi connectivity index (χ1n) is 7.57. The van der Waals surface area contributed by atoms with Gasteiger partial charge in [0.05, 0.1) is 6.04 Å². The van der Waals surface area contributed by atoms with Crippen molar-refractivity contribution in [2.75, 3.05) is 14.1 Å². The molecule has 1 N–H and O–H groups in total. The number of rotatable bonds is 4. The maximum Gasteiger partial charge on any atom is 0.308 e. The number of ether oxygens (including phenoxy) is 1. The summed E-state index contributed by atoms with van der Waals surface area (Å²) in [6.45, 7) is 1.42. The third-order valence-corrected chi connectivity index (χ3v) is 3.88. The summed E-state index contributed by atoms with van der Waals surface area (Å²) in [7, 11) is 4.09. The highest BCUT2D eigenvalue weighted by molar-refractivity contribution is 5.92. The lowest BCUT2D eigenvalue weighted by atomic mass is 9.97. The monoisotopic (exact) mass is 308 g/mol. The Morgan fingerprint density at radius 3 is 2.48 bits per heavy atom. The summed E-state index contributed by atoms with van der Waals surface area (Å²) >= 11 is 0. The van der Waals surface area contributed by atoms with Crippen molar-refractivity contribution in [1.82, 2.24) is 9.88 Å². The molecule has 4 nitrogen and oxygen atoms in total. The van der Waals surface area contributed by atoms with E-state index in [1.807, 2.05) is 56.7 Å². The number of carbonyl (C=O) groups excluding carboxylic acids is 1. The molecule has 0 bridgehead atoms. The van der Waals surface area contributed by atoms with Crippen molar-refractivity contribution in [3.05, 3.63) is 65.9 Å². The fourth-order valence-corrected chi connectivity index (χ4v) is 3.02. The lowest BCUT2D eigenvalue weighted by Crippen LogP contribution is -2.21. The van der Waals surface area contributed by atoms with Crippen LogP contribution in [0, 0.1) is 0 Å². The standard InChI is InChI=1S/C19H20N2O2/c1-13(22)23-17-11-7-10-16-18(17)15(12-20-16)19(21(2)3)14-8-5-4-6-9-14/h4-12,19-20H,1-3H3. The maximum absolute atomic E-state index is 11.4. The molecule has 1 atom stereocenters. The molecule has 0 saturated carbocycles. The molecule has 0 aliphatic rings. The van der Waals surface area contributed by atoms with Crippen LogP contribution in [0.15, 0.2) is 54.7 Å². The predicted octanol–water partition coefficient (Wildman–Crippen LogP) is 3.74. The molecular formula is C19H20N2O2. The normalized spacial score (nSPS) is 12.5. The second-order valence-corrected chi connectivity index (χ2v) is 5.79.